The Bertz CT molecular complexity index is 622. The molecule has 3 rings (SSSR count). The molecule has 4 heteroatoms. The third kappa shape index (κ3) is 3.73. The Morgan fingerprint density at radius 2 is 1.88 bits per heavy atom. The zero-order valence-corrected chi connectivity index (χ0v) is 15.5. The summed E-state index contributed by atoms with van der Waals surface area (Å²) in [6.07, 6.45) is 7.18. The van der Waals surface area contributed by atoms with E-state index in [0.29, 0.717) is 19.0 Å². The lowest BCUT2D eigenvalue weighted by molar-refractivity contribution is -0.138. The summed E-state index contributed by atoms with van der Waals surface area (Å²) in [4.78, 5) is 29.6. The van der Waals surface area contributed by atoms with Gasteiger partial charge in [0.15, 0.2) is 0 Å². The van der Waals surface area contributed by atoms with Gasteiger partial charge in [-0.15, -0.1) is 0 Å². The highest BCUT2D eigenvalue weighted by atomic mass is 16.2. The van der Waals surface area contributed by atoms with Gasteiger partial charge in [0.05, 0.1) is 5.92 Å². The third-order valence-corrected chi connectivity index (χ3v) is 5.78. The number of hydrogen-bond acceptors (Lipinski definition) is 2. The van der Waals surface area contributed by atoms with Crippen LogP contribution in [0.2, 0.25) is 0 Å². The van der Waals surface area contributed by atoms with Crippen LogP contribution in [0.4, 0.5) is 5.69 Å². The topological polar surface area (TPSA) is 40.6 Å². The first-order valence-electron chi connectivity index (χ1n) is 9.84. The highest BCUT2D eigenvalue weighted by Gasteiger charge is 2.39. The summed E-state index contributed by atoms with van der Waals surface area (Å²) in [6, 6.07) is 8.42. The molecule has 4 nitrogen and oxygen atoms in total. The Kier molecular flexibility index (Phi) is 5.77. The second-order valence-corrected chi connectivity index (χ2v) is 7.30. The van der Waals surface area contributed by atoms with E-state index in [4.69, 9.17) is 0 Å². The fourth-order valence-electron chi connectivity index (χ4n) is 4.40. The van der Waals surface area contributed by atoms with E-state index in [2.05, 4.69) is 19.9 Å². The van der Waals surface area contributed by atoms with Gasteiger partial charge in [-0.2, -0.15) is 0 Å². The molecule has 2 fully saturated rings. The number of hydrogen-bond donors (Lipinski definition) is 0. The van der Waals surface area contributed by atoms with Crippen molar-refractivity contribution in [3.8, 4) is 0 Å². The summed E-state index contributed by atoms with van der Waals surface area (Å²) in [5, 5.41) is 0. The van der Waals surface area contributed by atoms with E-state index in [9.17, 15) is 9.59 Å². The molecule has 1 atom stereocenters. The molecular formula is C21H30N2O2. The van der Waals surface area contributed by atoms with Gasteiger partial charge in [0, 0.05) is 31.2 Å². The summed E-state index contributed by atoms with van der Waals surface area (Å²) in [5.74, 6) is 0.0671. The summed E-state index contributed by atoms with van der Waals surface area (Å²) in [5.41, 5.74) is 2.15. The number of carbonyl (C=O) groups is 2. The quantitative estimate of drug-likeness (QED) is 0.817. The van der Waals surface area contributed by atoms with E-state index in [1.54, 1.807) is 0 Å². The van der Waals surface area contributed by atoms with E-state index in [1.165, 1.54) is 24.8 Å². The van der Waals surface area contributed by atoms with Crippen molar-refractivity contribution in [2.45, 2.75) is 64.8 Å². The molecule has 1 unspecified atom stereocenters. The van der Waals surface area contributed by atoms with Gasteiger partial charge in [0.25, 0.3) is 0 Å². The molecule has 0 N–H and O–H groups in total. The molecule has 2 amide bonds. The molecule has 1 heterocycles. The van der Waals surface area contributed by atoms with Gasteiger partial charge >= 0.3 is 0 Å². The van der Waals surface area contributed by atoms with E-state index in [1.807, 2.05) is 28.0 Å². The second kappa shape index (κ2) is 8.03. The summed E-state index contributed by atoms with van der Waals surface area (Å²) < 4.78 is 0. The number of amides is 2. The fourth-order valence-corrected chi connectivity index (χ4v) is 4.40. The third-order valence-electron chi connectivity index (χ3n) is 5.78. The van der Waals surface area contributed by atoms with Crippen LogP contribution in [0, 0.1) is 5.92 Å². The average Bonchev–Trinajstić information content (AvgIpc) is 3.04. The predicted octanol–water partition coefficient (Wildman–Crippen LogP) is 3.78. The highest BCUT2D eigenvalue weighted by molar-refractivity contribution is 6.00. The van der Waals surface area contributed by atoms with Crippen molar-refractivity contribution >= 4 is 17.5 Å². The Hall–Kier alpha value is -1.84. The van der Waals surface area contributed by atoms with Crippen LogP contribution in [0.15, 0.2) is 24.3 Å². The molecule has 1 aromatic carbocycles. The van der Waals surface area contributed by atoms with Crippen LogP contribution in [-0.2, 0) is 16.0 Å². The first kappa shape index (κ1) is 18.0. The predicted molar refractivity (Wildman–Crippen MR) is 101 cm³/mol. The number of rotatable bonds is 5. The number of carbonyl (C=O) groups excluding carboxylic acids is 2. The maximum atomic E-state index is 13.1. The van der Waals surface area contributed by atoms with Crippen molar-refractivity contribution in [1.82, 2.24) is 4.90 Å². The highest BCUT2D eigenvalue weighted by Crippen LogP contribution is 2.31. The van der Waals surface area contributed by atoms with Crippen LogP contribution in [0.5, 0.6) is 0 Å². The van der Waals surface area contributed by atoms with E-state index in [0.717, 1.165) is 31.5 Å². The van der Waals surface area contributed by atoms with E-state index in [-0.39, 0.29) is 17.7 Å². The van der Waals surface area contributed by atoms with Gasteiger partial charge < -0.3 is 9.80 Å². The lowest BCUT2D eigenvalue weighted by atomic mass is 9.93. The lowest BCUT2D eigenvalue weighted by Gasteiger charge is -2.35. The van der Waals surface area contributed by atoms with Gasteiger partial charge in [0.2, 0.25) is 11.8 Å². The van der Waals surface area contributed by atoms with Gasteiger partial charge in [-0.05, 0) is 37.8 Å². The van der Waals surface area contributed by atoms with Crippen molar-refractivity contribution in [1.29, 1.82) is 0 Å². The molecule has 0 aromatic heterocycles. The maximum absolute atomic E-state index is 13.1. The molecule has 1 saturated carbocycles. The number of benzene rings is 1. The van der Waals surface area contributed by atoms with Crippen molar-refractivity contribution in [2.24, 2.45) is 5.92 Å². The minimum atomic E-state index is -0.195. The molecule has 25 heavy (non-hydrogen) atoms. The van der Waals surface area contributed by atoms with Gasteiger partial charge in [-0.3, -0.25) is 9.59 Å². The monoisotopic (exact) mass is 342 g/mol. The molecule has 136 valence electrons. The van der Waals surface area contributed by atoms with Crippen molar-refractivity contribution in [2.75, 3.05) is 18.0 Å². The minimum Gasteiger partial charge on any atom is -0.340 e. The average molecular weight is 342 g/mol. The number of nitrogens with zero attached hydrogens (tertiary/aromatic N) is 2. The normalized spacial score (nSPS) is 21.6. The lowest BCUT2D eigenvalue weighted by Crippen LogP contribution is -2.45. The summed E-state index contributed by atoms with van der Waals surface area (Å²) >= 11 is 0. The Balaban J connectivity index is 1.73. The largest absolute Gasteiger partial charge is 0.340 e. The Morgan fingerprint density at radius 3 is 2.56 bits per heavy atom. The first-order valence-corrected chi connectivity index (χ1v) is 9.84. The maximum Gasteiger partial charge on any atom is 0.228 e. The Morgan fingerprint density at radius 1 is 1.16 bits per heavy atom. The van der Waals surface area contributed by atoms with Crippen molar-refractivity contribution < 1.29 is 9.59 Å². The van der Waals surface area contributed by atoms with Gasteiger partial charge in [-0.25, -0.2) is 0 Å². The number of anilines is 1. The molecule has 0 radical (unpaired) electrons. The first-order chi connectivity index (χ1) is 12.2. The van der Waals surface area contributed by atoms with Gasteiger partial charge in [-0.1, -0.05) is 44.4 Å². The van der Waals surface area contributed by atoms with Crippen LogP contribution in [0.3, 0.4) is 0 Å². The molecule has 2 aliphatic rings. The van der Waals surface area contributed by atoms with Crippen LogP contribution in [0.1, 0.15) is 57.9 Å². The van der Waals surface area contributed by atoms with Gasteiger partial charge in [0.1, 0.15) is 0 Å². The molecule has 1 aliphatic heterocycles. The molecule has 1 aliphatic carbocycles. The standard InChI is InChI=1S/C21H30N2O2/c1-3-16-10-8-9-13-19(16)23-15-17(14-20(23)24)21(25)22(4-2)18-11-6-5-7-12-18/h8-10,13,17-18H,3-7,11-12,14-15H2,1-2H3. The van der Waals surface area contributed by atoms with E-state index < -0.39 is 0 Å². The number of aryl methyl sites for hydroxylation is 1. The van der Waals surface area contributed by atoms with Crippen LogP contribution in [0.25, 0.3) is 0 Å². The summed E-state index contributed by atoms with van der Waals surface area (Å²) in [6.45, 7) is 5.44. The molecular weight excluding hydrogens is 312 g/mol. The van der Waals surface area contributed by atoms with Crippen molar-refractivity contribution in [3.63, 3.8) is 0 Å². The SMILES string of the molecule is CCc1ccccc1N1CC(C(=O)N(CC)C2CCCCC2)CC1=O. The fraction of sp³-hybridized carbons (Fsp3) is 0.619. The zero-order valence-electron chi connectivity index (χ0n) is 15.5. The minimum absolute atomic E-state index is 0.0824. The Labute approximate surface area is 151 Å². The van der Waals surface area contributed by atoms with Crippen LogP contribution in [-0.4, -0.2) is 35.8 Å². The second-order valence-electron chi connectivity index (χ2n) is 7.30. The molecule has 1 aromatic rings. The molecule has 0 bridgehead atoms. The van der Waals surface area contributed by atoms with Crippen LogP contribution < -0.4 is 4.90 Å². The smallest absolute Gasteiger partial charge is 0.228 e. The zero-order chi connectivity index (χ0) is 17.8. The molecule has 1 saturated heterocycles. The van der Waals surface area contributed by atoms with E-state index >= 15 is 0 Å². The molecule has 0 spiro atoms. The summed E-state index contributed by atoms with van der Waals surface area (Å²) in [7, 11) is 0. The number of para-hydroxylation sites is 1. The van der Waals surface area contributed by atoms with Crippen LogP contribution >= 0.6 is 0 Å². The van der Waals surface area contributed by atoms with Crippen molar-refractivity contribution in [3.05, 3.63) is 29.8 Å².